The lowest BCUT2D eigenvalue weighted by Gasteiger charge is -2.17. The maximum absolute atomic E-state index is 12.4. The maximum atomic E-state index is 12.4. The molecular formula is C20H23N5O7. The van der Waals surface area contributed by atoms with Gasteiger partial charge in [0.05, 0.1) is 1.37 Å². The van der Waals surface area contributed by atoms with Gasteiger partial charge in [0.1, 0.15) is 30.9 Å². The van der Waals surface area contributed by atoms with Crippen molar-refractivity contribution >= 4 is 22.7 Å². The topological polar surface area (TPSA) is 185 Å². The third-order valence-electron chi connectivity index (χ3n) is 5.22. The fraction of sp³-hybridized carbons (Fsp3) is 0.350. The normalized spacial score (nSPS) is 26.6. The molecule has 0 aliphatic carbocycles. The summed E-state index contributed by atoms with van der Waals surface area (Å²) in [7, 11) is 0. The highest BCUT2D eigenvalue weighted by molar-refractivity contribution is 5.84. The Balaban J connectivity index is 1.41. The molecule has 3 aromatic rings. The summed E-state index contributed by atoms with van der Waals surface area (Å²) in [5.41, 5.74) is 8.50. The van der Waals surface area contributed by atoms with Crippen molar-refractivity contribution < 1.29 is 31.1 Å². The van der Waals surface area contributed by atoms with Crippen LogP contribution in [0.15, 0.2) is 47.5 Å². The Kier molecular flexibility index (Phi) is 5.83. The Hall–Kier alpha value is -3.29. The van der Waals surface area contributed by atoms with Gasteiger partial charge < -0.3 is 30.4 Å². The monoisotopic (exact) mass is 446 g/mol. The van der Waals surface area contributed by atoms with E-state index in [1.165, 1.54) is 6.07 Å². The molecule has 0 spiro atoms. The van der Waals surface area contributed by atoms with Crippen LogP contribution >= 0.6 is 0 Å². The van der Waals surface area contributed by atoms with Crippen molar-refractivity contribution in [3.05, 3.63) is 58.8 Å². The van der Waals surface area contributed by atoms with Gasteiger partial charge in [0.15, 0.2) is 12.0 Å². The van der Waals surface area contributed by atoms with E-state index in [9.17, 15) is 19.8 Å². The van der Waals surface area contributed by atoms with Crippen molar-refractivity contribution in [1.82, 2.24) is 14.5 Å². The molecule has 12 nitrogen and oxygen atoms in total. The fourth-order valence-electron chi connectivity index (χ4n) is 3.55. The smallest absolute Gasteiger partial charge is 0.351 e. The Bertz CT molecular complexity index is 1210. The summed E-state index contributed by atoms with van der Waals surface area (Å²) in [6.45, 7) is -0.577. The summed E-state index contributed by atoms with van der Waals surface area (Å²) in [6.07, 6.45) is -4.27. The van der Waals surface area contributed by atoms with Gasteiger partial charge in [-0.2, -0.15) is 4.98 Å². The molecule has 4 rings (SSSR count). The Morgan fingerprint density at radius 3 is 2.94 bits per heavy atom. The molecule has 3 heterocycles. The molecule has 12 heteroatoms. The van der Waals surface area contributed by atoms with E-state index in [4.69, 9.17) is 21.8 Å². The number of ether oxygens (including phenoxy) is 2. The summed E-state index contributed by atoms with van der Waals surface area (Å²) in [6, 6.07) is 7.74. The molecule has 0 saturated carbocycles. The number of fused-ring (bicyclic) bond motifs is 1. The Morgan fingerprint density at radius 2 is 2.19 bits per heavy atom. The molecule has 1 fully saturated rings. The average Bonchev–Trinajstić information content (AvgIpc) is 3.30. The van der Waals surface area contributed by atoms with Gasteiger partial charge in [0.25, 0.3) is 0 Å². The van der Waals surface area contributed by atoms with Crippen LogP contribution in [0.25, 0.3) is 10.9 Å². The number of aromatic nitrogens is 3. The van der Waals surface area contributed by atoms with Crippen molar-refractivity contribution in [2.75, 3.05) is 12.1 Å². The van der Waals surface area contributed by atoms with Crippen molar-refractivity contribution in [2.24, 2.45) is 5.73 Å². The first-order chi connectivity index (χ1) is 15.7. The van der Waals surface area contributed by atoms with Crippen LogP contribution in [-0.4, -0.2) is 66.9 Å². The largest absolute Gasteiger partial charge is 0.462 e. The van der Waals surface area contributed by atoms with E-state index >= 15 is 0 Å². The number of aliphatic hydroxyl groups excluding tert-OH is 1. The third kappa shape index (κ3) is 4.22. The second-order valence-corrected chi connectivity index (χ2v) is 7.30. The zero-order chi connectivity index (χ0) is 23.8. The number of hydrogen-bond acceptors (Lipinski definition) is 10. The zero-order valence-electron chi connectivity index (χ0n) is 17.7. The van der Waals surface area contributed by atoms with Gasteiger partial charge >= 0.3 is 11.7 Å². The molecule has 0 amide bonds. The van der Waals surface area contributed by atoms with Crippen LogP contribution in [0.5, 0.6) is 0 Å². The molecule has 7 N–H and O–H groups in total. The predicted molar refractivity (Wildman–Crippen MR) is 111 cm³/mol. The van der Waals surface area contributed by atoms with E-state index in [0.717, 1.165) is 27.2 Å². The second-order valence-electron chi connectivity index (χ2n) is 7.30. The van der Waals surface area contributed by atoms with Crippen LogP contribution in [0.3, 0.4) is 0 Å². The maximum Gasteiger partial charge on any atom is 0.351 e. The molecule has 1 saturated heterocycles. The average molecular weight is 446 g/mol. The molecule has 170 valence electrons. The molecular weight excluding hydrogens is 422 g/mol. The Morgan fingerprint density at radius 1 is 1.41 bits per heavy atom. The number of H-pyrrole nitrogens is 1. The molecule has 1 aromatic carbocycles. The van der Waals surface area contributed by atoms with Crippen LogP contribution in [-0.2, 0) is 20.7 Å². The van der Waals surface area contributed by atoms with Gasteiger partial charge in [-0.25, -0.2) is 4.79 Å². The van der Waals surface area contributed by atoms with Gasteiger partial charge in [-0.05, 0) is 17.7 Å². The van der Waals surface area contributed by atoms with Crippen LogP contribution in [0.1, 0.15) is 13.2 Å². The first-order valence-corrected chi connectivity index (χ1v) is 9.74. The lowest BCUT2D eigenvalue weighted by Crippen LogP contribution is -2.39. The number of para-hydroxylation sites is 1. The minimum Gasteiger partial charge on any atom is -0.462 e. The van der Waals surface area contributed by atoms with Crippen molar-refractivity contribution in [1.29, 1.82) is 0 Å². The third-order valence-corrected chi connectivity index (χ3v) is 5.22. The number of esters is 1. The van der Waals surface area contributed by atoms with Crippen molar-refractivity contribution in [3.8, 4) is 0 Å². The summed E-state index contributed by atoms with van der Waals surface area (Å²) in [5, 5.41) is 30.5. The number of aromatic amines is 1. The van der Waals surface area contributed by atoms with Gasteiger partial charge in [0, 0.05) is 29.7 Å². The molecule has 1 aliphatic heterocycles. The lowest BCUT2D eigenvalue weighted by atomic mass is 10.1. The summed E-state index contributed by atoms with van der Waals surface area (Å²) in [5.74, 6) is -0.922. The quantitative estimate of drug-likeness (QED) is 0.199. The molecule has 0 bridgehead atoms. The van der Waals surface area contributed by atoms with Gasteiger partial charge in [-0.3, -0.25) is 20.0 Å². The number of carbonyl (C=O) groups excluding carboxylic acids is 1. The second kappa shape index (κ2) is 9.06. The molecule has 5 atom stereocenters. The molecule has 2 aromatic heterocycles. The standard InChI is InChI=1S/C20H23N5O7/c21-12(7-10-8-22-13-4-2-1-3-11(10)13)19(28)31-9-14-16(26)17(27)18(32-14)25-6-5-15(24-30)23-20(25)29/h1-6,8,12,14,16-18,22,26-27,30H,7,9,21H2,(H,23,24,29)/t12-,14+,16+,17?,18+/m0/s1/i16D. The van der Waals surface area contributed by atoms with E-state index in [1.54, 1.807) is 11.7 Å². The SMILES string of the molecule is [2H][C@]1(O)C(O)[C@H](n2ccc(NO)nc2=O)O[C@@H]1COC(=O)[C@@H](N)Cc1c[nH]c2ccccc12. The number of carbonyl (C=O) groups is 1. The van der Waals surface area contributed by atoms with Gasteiger partial charge in [-0.15, -0.1) is 0 Å². The van der Waals surface area contributed by atoms with E-state index in [0.29, 0.717) is 0 Å². The number of aliphatic hydroxyl groups is 2. The molecule has 32 heavy (non-hydrogen) atoms. The summed E-state index contributed by atoms with van der Waals surface area (Å²) < 4.78 is 19.5. The lowest BCUT2D eigenvalue weighted by molar-refractivity contribution is -0.151. The molecule has 1 unspecified atom stereocenters. The number of nitrogens with zero attached hydrogens (tertiary/aromatic N) is 2. The number of nitrogens with two attached hydrogens (primary N) is 1. The van der Waals surface area contributed by atoms with Gasteiger partial charge in [0.2, 0.25) is 0 Å². The number of hydrogen-bond donors (Lipinski definition) is 6. The highest BCUT2D eigenvalue weighted by Crippen LogP contribution is 2.29. The first-order valence-electron chi connectivity index (χ1n) is 10.2. The van der Waals surface area contributed by atoms with E-state index in [-0.39, 0.29) is 12.2 Å². The number of anilines is 1. The van der Waals surface area contributed by atoms with Crippen LogP contribution in [0.2, 0.25) is 0 Å². The van der Waals surface area contributed by atoms with E-state index in [2.05, 4.69) is 9.97 Å². The van der Waals surface area contributed by atoms with E-state index in [1.807, 2.05) is 24.3 Å². The minimum absolute atomic E-state index is 0.139. The van der Waals surface area contributed by atoms with Crippen LogP contribution in [0.4, 0.5) is 5.82 Å². The zero-order valence-corrected chi connectivity index (χ0v) is 16.7. The summed E-state index contributed by atoms with van der Waals surface area (Å²) >= 11 is 0. The number of nitrogens with one attached hydrogen (secondary N) is 2. The Labute approximate surface area is 182 Å². The molecule has 0 radical (unpaired) electrons. The first kappa shape index (κ1) is 20.6. The van der Waals surface area contributed by atoms with Gasteiger partial charge in [-0.1, -0.05) is 18.2 Å². The minimum atomic E-state index is -2.58. The van der Waals surface area contributed by atoms with Crippen molar-refractivity contribution in [3.63, 3.8) is 0 Å². The number of benzene rings is 1. The fourth-order valence-corrected chi connectivity index (χ4v) is 3.55. The van der Waals surface area contributed by atoms with Crippen LogP contribution in [0, 0.1) is 0 Å². The van der Waals surface area contributed by atoms with Crippen LogP contribution < -0.4 is 16.9 Å². The highest BCUT2D eigenvalue weighted by atomic mass is 16.6. The highest BCUT2D eigenvalue weighted by Gasteiger charge is 2.44. The predicted octanol–water partition coefficient (Wildman–Crippen LogP) is -0.742. The molecule has 1 aliphatic rings. The number of rotatable bonds is 7. The van der Waals surface area contributed by atoms with E-state index < -0.39 is 48.8 Å². The summed E-state index contributed by atoms with van der Waals surface area (Å²) in [4.78, 5) is 31.1. The van der Waals surface area contributed by atoms with Crippen molar-refractivity contribution in [2.45, 2.75) is 37.0 Å².